The normalized spacial score (nSPS) is 13.0. The zero-order chi connectivity index (χ0) is 31.4. The van der Waals surface area contributed by atoms with Crippen molar-refractivity contribution in [3.8, 4) is 0 Å². The Kier molecular flexibility index (Phi) is 9.29. The van der Waals surface area contributed by atoms with Crippen LogP contribution in [-0.2, 0) is 31.4 Å². The highest BCUT2D eigenvalue weighted by molar-refractivity contribution is 6.01. The van der Waals surface area contributed by atoms with Crippen LogP contribution < -0.4 is 5.32 Å². The molecule has 42 heavy (non-hydrogen) atoms. The number of ether oxygens (including phenoxy) is 2. The minimum Gasteiger partial charge on any atom is -0.478 e. The lowest BCUT2D eigenvalue weighted by Crippen LogP contribution is -2.48. The van der Waals surface area contributed by atoms with Crippen LogP contribution in [0.2, 0.25) is 0 Å². The van der Waals surface area contributed by atoms with E-state index in [-0.39, 0.29) is 5.69 Å². The van der Waals surface area contributed by atoms with Gasteiger partial charge in [0.2, 0.25) is 12.2 Å². The van der Waals surface area contributed by atoms with Gasteiger partial charge in [-0.05, 0) is 73.5 Å². The third-order valence-corrected chi connectivity index (χ3v) is 5.87. The van der Waals surface area contributed by atoms with Gasteiger partial charge in [-0.25, -0.2) is 14.4 Å². The lowest BCUT2D eigenvalue weighted by Gasteiger charge is -2.24. The molecule has 0 saturated carbocycles. The van der Waals surface area contributed by atoms with Gasteiger partial charge in [0.1, 0.15) is 0 Å². The van der Waals surface area contributed by atoms with E-state index in [0.717, 1.165) is 29.8 Å². The Hall–Kier alpha value is -4.88. The largest absolute Gasteiger partial charge is 0.478 e. The van der Waals surface area contributed by atoms with Gasteiger partial charge in [-0.2, -0.15) is 26.3 Å². The number of hydrogen-bond acceptors (Lipinski definition) is 6. The van der Waals surface area contributed by atoms with Crippen LogP contribution in [-0.4, -0.2) is 41.1 Å². The lowest BCUT2D eigenvalue weighted by atomic mass is 10.1. The molecule has 2 N–H and O–H groups in total. The van der Waals surface area contributed by atoms with Gasteiger partial charge in [0.25, 0.3) is 5.91 Å². The Bertz CT molecular complexity index is 1520. The van der Waals surface area contributed by atoms with Gasteiger partial charge in [0, 0.05) is 5.69 Å². The molecule has 0 fully saturated rings. The fourth-order valence-corrected chi connectivity index (χ4v) is 3.54. The molecule has 0 aromatic heterocycles. The molecule has 0 bridgehead atoms. The van der Waals surface area contributed by atoms with Gasteiger partial charge in [0.05, 0.1) is 22.3 Å². The molecule has 3 aromatic rings. The molecule has 0 radical (unpaired) electrons. The average molecular weight is 597 g/mol. The first-order valence-electron chi connectivity index (χ1n) is 11.8. The summed E-state index contributed by atoms with van der Waals surface area (Å²) in [6, 6.07) is 10.1. The van der Waals surface area contributed by atoms with E-state index in [1.54, 1.807) is 19.9 Å². The molecule has 2 atom stereocenters. The summed E-state index contributed by atoms with van der Waals surface area (Å²) >= 11 is 0. The highest BCUT2D eigenvalue weighted by Crippen LogP contribution is 2.31. The van der Waals surface area contributed by atoms with Crippen LogP contribution in [0.4, 0.5) is 32.0 Å². The number of rotatable bonds is 8. The van der Waals surface area contributed by atoms with Crippen LogP contribution in [0.15, 0.2) is 66.7 Å². The van der Waals surface area contributed by atoms with Gasteiger partial charge in [-0.3, -0.25) is 4.79 Å². The summed E-state index contributed by atoms with van der Waals surface area (Å²) in [7, 11) is 0. The van der Waals surface area contributed by atoms with E-state index in [1.807, 2.05) is 0 Å². The monoisotopic (exact) mass is 597 g/mol. The van der Waals surface area contributed by atoms with Crippen molar-refractivity contribution in [3.63, 3.8) is 0 Å². The third-order valence-electron chi connectivity index (χ3n) is 5.87. The van der Waals surface area contributed by atoms with Crippen molar-refractivity contribution in [2.24, 2.45) is 0 Å². The second kappa shape index (κ2) is 12.3. The van der Waals surface area contributed by atoms with Crippen LogP contribution in [0, 0.1) is 13.8 Å². The van der Waals surface area contributed by atoms with Gasteiger partial charge in [-0.15, -0.1) is 0 Å². The summed E-state index contributed by atoms with van der Waals surface area (Å²) in [4.78, 5) is 50.8. The fraction of sp³-hybridized carbons (Fsp3) is 0.214. The highest BCUT2D eigenvalue weighted by Gasteiger charge is 2.42. The number of aliphatic carboxylic acids is 1. The Morgan fingerprint density at radius 2 is 1.17 bits per heavy atom. The smallest absolute Gasteiger partial charge is 0.416 e. The number of benzene rings is 3. The van der Waals surface area contributed by atoms with E-state index >= 15 is 0 Å². The van der Waals surface area contributed by atoms with E-state index in [2.05, 4.69) is 5.32 Å². The molecule has 0 aliphatic carbocycles. The van der Waals surface area contributed by atoms with Gasteiger partial charge in [0.15, 0.2) is 0 Å². The number of halogens is 6. The second-order valence-corrected chi connectivity index (χ2v) is 8.94. The highest BCUT2D eigenvalue weighted by atomic mass is 19.4. The van der Waals surface area contributed by atoms with Crippen molar-refractivity contribution in [1.29, 1.82) is 0 Å². The standard InChI is InChI=1S/C28H21F6NO7/c1-14-9-10-20(11-15(14)2)35-23(36)21(41-25(39)16-5-3-7-18(12-16)27(29,30)31)22(24(37)38)42-26(40)17-6-4-8-19(13-17)28(32,33)34/h3-13,21-22H,1-2H3,(H,35,36)(H,37,38)/t21-,22+/m1/s1. The molecule has 3 rings (SSSR count). The maximum atomic E-state index is 13.2. The van der Waals surface area contributed by atoms with Gasteiger partial charge in [-0.1, -0.05) is 18.2 Å². The van der Waals surface area contributed by atoms with Crippen molar-refractivity contribution in [1.82, 2.24) is 0 Å². The van der Waals surface area contributed by atoms with E-state index in [4.69, 9.17) is 9.47 Å². The van der Waals surface area contributed by atoms with E-state index in [0.29, 0.717) is 29.8 Å². The number of hydrogen-bond donors (Lipinski definition) is 2. The number of alkyl halides is 6. The maximum Gasteiger partial charge on any atom is 0.416 e. The van der Waals surface area contributed by atoms with Crippen LogP contribution in [0.1, 0.15) is 43.0 Å². The Morgan fingerprint density at radius 1 is 0.690 bits per heavy atom. The maximum absolute atomic E-state index is 13.2. The molecule has 0 unspecified atom stereocenters. The molecular formula is C28H21F6NO7. The first kappa shape index (κ1) is 31.6. The SMILES string of the molecule is Cc1ccc(NC(=O)[C@H](OC(=O)c2cccc(C(F)(F)F)c2)[C@H](OC(=O)c2cccc(C(F)(F)F)c2)C(=O)O)cc1C. The topological polar surface area (TPSA) is 119 Å². The number of carboxylic acid groups (broad SMARTS) is 1. The second-order valence-electron chi connectivity index (χ2n) is 8.94. The summed E-state index contributed by atoms with van der Waals surface area (Å²) in [6.45, 7) is 3.45. The Labute approximate surface area is 233 Å². The number of nitrogens with one attached hydrogen (secondary N) is 1. The summed E-state index contributed by atoms with van der Waals surface area (Å²) < 4.78 is 88.5. The Morgan fingerprint density at radius 3 is 1.60 bits per heavy atom. The fourth-order valence-electron chi connectivity index (χ4n) is 3.54. The molecule has 14 heteroatoms. The van der Waals surface area contributed by atoms with Crippen molar-refractivity contribution in [2.75, 3.05) is 5.32 Å². The number of carbonyl (C=O) groups excluding carboxylic acids is 3. The van der Waals surface area contributed by atoms with Crippen molar-refractivity contribution < 1.29 is 60.1 Å². The molecule has 0 heterocycles. The summed E-state index contributed by atoms with van der Waals surface area (Å²) in [5, 5.41) is 12.1. The number of carbonyl (C=O) groups is 4. The molecule has 1 amide bonds. The molecule has 0 spiro atoms. The molecular weight excluding hydrogens is 576 g/mol. The molecule has 0 aliphatic heterocycles. The predicted molar refractivity (Wildman–Crippen MR) is 133 cm³/mol. The average Bonchev–Trinajstić information content (AvgIpc) is 2.91. The summed E-state index contributed by atoms with van der Waals surface area (Å²) in [5.41, 5.74) is -2.37. The third kappa shape index (κ3) is 7.86. The van der Waals surface area contributed by atoms with Crippen molar-refractivity contribution in [2.45, 2.75) is 38.4 Å². The number of esters is 2. The lowest BCUT2D eigenvalue weighted by molar-refractivity contribution is -0.157. The number of aryl methyl sites for hydroxylation is 2. The molecule has 8 nitrogen and oxygen atoms in total. The molecule has 3 aromatic carbocycles. The summed E-state index contributed by atoms with van der Waals surface area (Å²) in [5.74, 6) is -6.61. The Balaban J connectivity index is 1.98. The summed E-state index contributed by atoms with van der Waals surface area (Å²) in [6.07, 6.45) is -14.9. The van der Waals surface area contributed by atoms with Crippen LogP contribution >= 0.6 is 0 Å². The zero-order valence-corrected chi connectivity index (χ0v) is 21.7. The first-order chi connectivity index (χ1) is 19.5. The number of amides is 1. The minimum atomic E-state index is -4.86. The quantitative estimate of drug-likeness (QED) is 0.248. The zero-order valence-electron chi connectivity index (χ0n) is 21.7. The minimum absolute atomic E-state index is 0.0940. The van der Waals surface area contributed by atoms with Crippen molar-refractivity contribution in [3.05, 3.63) is 100 Å². The van der Waals surface area contributed by atoms with Crippen LogP contribution in [0.3, 0.4) is 0 Å². The predicted octanol–water partition coefficient (Wildman–Crippen LogP) is 5.82. The molecule has 0 saturated heterocycles. The van der Waals surface area contributed by atoms with E-state index in [1.165, 1.54) is 12.1 Å². The van der Waals surface area contributed by atoms with Crippen molar-refractivity contribution >= 4 is 29.5 Å². The van der Waals surface area contributed by atoms with E-state index in [9.17, 15) is 50.6 Å². The molecule has 0 aliphatic rings. The van der Waals surface area contributed by atoms with Gasteiger partial charge < -0.3 is 19.9 Å². The van der Waals surface area contributed by atoms with Crippen LogP contribution in [0.5, 0.6) is 0 Å². The molecule has 222 valence electrons. The van der Waals surface area contributed by atoms with Gasteiger partial charge >= 0.3 is 30.3 Å². The van der Waals surface area contributed by atoms with E-state index < -0.39 is 70.6 Å². The first-order valence-corrected chi connectivity index (χ1v) is 11.8. The van der Waals surface area contributed by atoms with Crippen LogP contribution in [0.25, 0.3) is 0 Å². The number of anilines is 1. The number of carboxylic acids is 1.